The lowest BCUT2D eigenvalue weighted by atomic mass is 9.99. The van der Waals surface area contributed by atoms with Crippen LogP contribution in [0, 0.1) is 0 Å². The van der Waals surface area contributed by atoms with Gasteiger partial charge in [-0.2, -0.15) is 0 Å². The molecule has 0 spiro atoms. The normalized spacial score (nSPS) is 12.8. The minimum atomic E-state index is -0.107. The number of aromatic hydroxyl groups is 1. The first kappa shape index (κ1) is 19.5. The molecule has 0 aliphatic carbocycles. The summed E-state index contributed by atoms with van der Waals surface area (Å²) >= 11 is 0. The summed E-state index contributed by atoms with van der Waals surface area (Å²) in [7, 11) is 2.08. The molecule has 152 valence electrons. The fourth-order valence-corrected chi connectivity index (χ4v) is 4.14. The van der Waals surface area contributed by atoms with Crippen LogP contribution in [-0.2, 0) is 25.9 Å². The number of likely N-dealkylation sites (N-methyl/N-ethyl adjacent to an activating group) is 1. The number of nitrogens with zero attached hydrogens (tertiary/aromatic N) is 3. The van der Waals surface area contributed by atoms with Crippen molar-refractivity contribution in [1.29, 1.82) is 0 Å². The summed E-state index contributed by atoms with van der Waals surface area (Å²) in [4.78, 5) is 15.1. The van der Waals surface area contributed by atoms with Crippen molar-refractivity contribution in [1.82, 2.24) is 14.0 Å². The van der Waals surface area contributed by atoms with E-state index in [0.29, 0.717) is 19.5 Å². The Balaban J connectivity index is 1.31. The van der Waals surface area contributed by atoms with E-state index in [2.05, 4.69) is 48.3 Å². The lowest BCUT2D eigenvalue weighted by Crippen LogP contribution is -2.31. The molecule has 3 aromatic rings. The Morgan fingerprint density at radius 2 is 1.69 bits per heavy atom. The van der Waals surface area contributed by atoms with Gasteiger partial charge in [0.15, 0.2) is 0 Å². The van der Waals surface area contributed by atoms with Crippen LogP contribution in [0.4, 0.5) is 0 Å². The third kappa shape index (κ3) is 4.30. The van der Waals surface area contributed by atoms with Crippen LogP contribution in [-0.4, -0.2) is 39.3 Å². The largest absolute Gasteiger partial charge is 0.493 e. The molecule has 5 heteroatoms. The second-order valence-corrected chi connectivity index (χ2v) is 7.98. The van der Waals surface area contributed by atoms with E-state index in [1.54, 1.807) is 4.57 Å². The van der Waals surface area contributed by atoms with Crippen LogP contribution in [0.25, 0.3) is 0 Å². The molecule has 1 aliphatic heterocycles. The fraction of sp³-hybridized carbons (Fsp3) is 0.375. The lowest BCUT2D eigenvalue weighted by molar-refractivity contribution is 0.299. The smallest absolute Gasteiger partial charge is 0.331 e. The zero-order chi connectivity index (χ0) is 20.2. The van der Waals surface area contributed by atoms with Crippen LogP contribution in [0.2, 0.25) is 0 Å². The third-order valence-corrected chi connectivity index (χ3v) is 5.91. The second-order valence-electron chi connectivity index (χ2n) is 7.98. The Kier molecular flexibility index (Phi) is 5.86. The van der Waals surface area contributed by atoms with Gasteiger partial charge in [-0.1, -0.05) is 54.6 Å². The van der Waals surface area contributed by atoms with Gasteiger partial charge < -0.3 is 10.0 Å². The zero-order valence-electron chi connectivity index (χ0n) is 17.1. The predicted octanol–water partition coefficient (Wildman–Crippen LogP) is 3.26. The van der Waals surface area contributed by atoms with E-state index in [4.69, 9.17) is 0 Å². The molecule has 1 aromatic heterocycles. The quantitative estimate of drug-likeness (QED) is 0.469. The Hall–Kier alpha value is -2.79. The molecule has 4 rings (SSSR count). The molecule has 2 heterocycles. The minimum absolute atomic E-state index is 0.107. The van der Waals surface area contributed by atoms with E-state index in [-0.39, 0.29) is 11.6 Å². The molecule has 5 nitrogen and oxygen atoms in total. The summed E-state index contributed by atoms with van der Waals surface area (Å²) < 4.78 is 3.25. The summed E-state index contributed by atoms with van der Waals surface area (Å²) in [5.74, 6) is 0.127. The van der Waals surface area contributed by atoms with E-state index < -0.39 is 0 Å². The van der Waals surface area contributed by atoms with Gasteiger partial charge >= 0.3 is 5.69 Å². The highest BCUT2D eigenvalue weighted by Crippen LogP contribution is 2.27. The van der Waals surface area contributed by atoms with Gasteiger partial charge in [-0.3, -0.25) is 9.13 Å². The van der Waals surface area contributed by atoms with E-state index in [9.17, 15) is 9.90 Å². The maximum atomic E-state index is 12.8. The van der Waals surface area contributed by atoms with E-state index in [0.717, 1.165) is 43.6 Å². The highest BCUT2D eigenvalue weighted by atomic mass is 16.3. The van der Waals surface area contributed by atoms with Crippen LogP contribution in [0.15, 0.2) is 59.4 Å². The highest BCUT2D eigenvalue weighted by Gasteiger charge is 2.24. The standard InChI is InChI=1S/C24H29N3O2/c1-25(14-8-7-11-19-9-3-2-4-10-19)15-16-26-23(28)22-17-20-12-5-6-13-21(20)18-27(22)24(26)29/h2-6,9-10,12-13,28H,7-8,11,14-18H2,1H3. The molecule has 0 atom stereocenters. The number of benzene rings is 2. The van der Waals surface area contributed by atoms with Gasteiger partial charge in [0.2, 0.25) is 5.88 Å². The topological polar surface area (TPSA) is 50.4 Å². The van der Waals surface area contributed by atoms with Crippen molar-refractivity contribution in [2.45, 2.75) is 38.8 Å². The van der Waals surface area contributed by atoms with Gasteiger partial charge in [0.25, 0.3) is 0 Å². The predicted molar refractivity (Wildman–Crippen MR) is 116 cm³/mol. The molecule has 0 unspecified atom stereocenters. The number of hydrogen-bond acceptors (Lipinski definition) is 3. The molecule has 0 radical (unpaired) electrons. The zero-order valence-corrected chi connectivity index (χ0v) is 17.1. The first-order valence-corrected chi connectivity index (χ1v) is 10.4. The van der Waals surface area contributed by atoms with Gasteiger partial charge in [0, 0.05) is 19.5 Å². The molecule has 0 fully saturated rings. The first-order chi connectivity index (χ1) is 14.1. The second kappa shape index (κ2) is 8.70. The van der Waals surface area contributed by atoms with Gasteiger partial charge in [0.1, 0.15) is 0 Å². The molecule has 0 saturated heterocycles. The van der Waals surface area contributed by atoms with Crippen molar-refractivity contribution in [2.24, 2.45) is 0 Å². The van der Waals surface area contributed by atoms with Crippen molar-refractivity contribution in [3.63, 3.8) is 0 Å². The molecule has 0 amide bonds. The number of aromatic nitrogens is 2. The summed E-state index contributed by atoms with van der Waals surface area (Å²) in [5.41, 5.74) is 4.36. The Morgan fingerprint density at radius 1 is 0.966 bits per heavy atom. The van der Waals surface area contributed by atoms with E-state index in [1.807, 2.05) is 18.2 Å². The minimum Gasteiger partial charge on any atom is -0.493 e. The highest BCUT2D eigenvalue weighted by molar-refractivity contribution is 5.38. The van der Waals surface area contributed by atoms with Crippen LogP contribution in [0.5, 0.6) is 5.88 Å². The molecule has 29 heavy (non-hydrogen) atoms. The molecule has 1 N–H and O–H groups in total. The molecular formula is C24H29N3O2. The summed E-state index contributed by atoms with van der Waals surface area (Å²) in [6.45, 7) is 2.78. The Labute approximate surface area is 171 Å². The SMILES string of the molecule is CN(CCCCc1ccccc1)CCn1c(O)c2n(c1=O)Cc1ccccc1C2. The number of rotatable bonds is 8. The molecule has 2 aromatic carbocycles. The number of unbranched alkanes of at least 4 members (excludes halogenated alkanes) is 1. The molecule has 0 saturated carbocycles. The monoisotopic (exact) mass is 391 g/mol. The fourth-order valence-electron chi connectivity index (χ4n) is 4.14. The van der Waals surface area contributed by atoms with Crippen molar-refractivity contribution in [2.75, 3.05) is 20.1 Å². The van der Waals surface area contributed by atoms with Crippen LogP contribution in [0.1, 0.15) is 35.2 Å². The van der Waals surface area contributed by atoms with Crippen LogP contribution in [0.3, 0.4) is 0 Å². The summed E-state index contributed by atoms with van der Waals surface area (Å²) in [5, 5.41) is 10.7. The number of aryl methyl sites for hydroxylation is 1. The maximum absolute atomic E-state index is 12.8. The van der Waals surface area contributed by atoms with Crippen LogP contribution < -0.4 is 5.69 Å². The maximum Gasteiger partial charge on any atom is 0.331 e. The molecule has 0 bridgehead atoms. The lowest BCUT2D eigenvalue weighted by Gasteiger charge is -2.17. The summed E-state index contributed by atoms with van der Waals surface area (Å²) in [6, 6.07) is 18.7. The number of hydrogen-bond donors (Lipinski definition) is 1. The van der Waals surface area contributed by atoms with Crippen molar-refractivity contribution < 1.29 is 5.11 Å². The van der Waals surface area contributed by atoms with Crippen molar-refractivity contribution >= 4 is 0 Å². The van der Waals surface area contributed by atoms with E-state index >= 15 is 0 Å². The first-order valence-electron chi connectivity index (χ1n) is 10.4. The molecule has 1 aliphatic rings. The van der Waals surface area contributed by atoms with Gasteiger partial charge in [0.05, 0.1) is 12.2 Å². The van der Waals surface area contributed by atoms with Gasteiger partial charge in [-0.15, -0.1) is 0 Å². The average molecular weight is 392 g/mol. The van der Waals surface area contributed by atoms with Gasteiger partial charge in [-0.25, -0.2) is 4.79 Å². The average Bonchev–Trinajstić information content (AvgIpc) is 2.98. The van der Waals surface area contributed by atoms with E-state index in [1.165, 1.54) is 15.7 Å². The summed E-state index contributed by atoms with van der Waals surface area (Å²) in [6.07, 6.45) is 3.98. The third-order valence-electron chi connectivity index (χ3n) is 5.91. The van der Waals surface area contributed by atoms with Crippen LogP contribution >= 0.6 is 0 Å². The number of imidazole rings is 1. The van der Waals surface area contributed by atoms with Crippen molar-refractivity contribution in [3.05, 3.63) is 87.5 Å². The van der Waals surface area contributed by atoms with Gasteiger partial charge in [-0.05, 0) is 49.5 Å². The molecular weight excluding hydrogens is 362 g/mol. The van der Waals surface area contributed by atoms with Crippen molar-refractivity contribution in [3.8, 4) is 5.88 Å². The Morgan fingerprint density at radius 3 is 2.48 bits per heavy atom. The Bertz CT molecular complexity index is 1020. The number of fused-ring (bicyclic) bond motifs is 2.